The van der Waals surface area contributed by atoms with Crippen LogP contribution in [0.3, 0.4) is 0 Å². The molecule has 28 heavy (non-hydrogen) atoms. The summed E-state index contributed by atoms with van der Waals surface area (Å²) in [6, 6.07) is 10.0. The van der Waals surface area contributed by atoms with E-state index in [2.05, 4.69) is 12.6 Å². The summed E-state index contributed by atoms with van der Waals surface area (Å²) in [6.45, 7) is 0. The Hall–Kier alpha value is 2.43. The van der Waals surface area contributed by atoms with Crippen molar-refractivity contribution in [1.29, 1.82) is 0 Å². The Labute approximate surface area is 236 Å². The van der Waals surface area contributed by atoms with Gasteiger partial charge in [0.1, 0.15) is 0 Å². The van der Waals surface area contributed by atoms with Crippen molar-refractivity contribution in [3.8, 4) is 0 Å². The normalized spacial score (nSPS) is 6.11. The number of hydrogen-bond acceptors (Lipinski definition) is 7. The molecule has 2 N–H and O–H groups in total. The van der Waals surface area contributed by atoms with Crippen molar-refractivity contribution in [1.82, 2.24) is 0 Å². The van der Waals surface area contributed by atoms with Crippen molar-refractivity contribution in [3.05, 3.63) is 35.9 Å². The molecule has 0 aliphatic carbocycles. The molecule has 167 valence electrons. The Morgan fingerprint density at radius 2 is 0.964 bits per heavy atom. The molecule has 1 aromatic carbocycles. The molecule has 0 spiro atoms. The van der Waals surface area contributed by atoms with E-state index < -0.39 is 0 Å². The van der Waals surface area contributed by atoms with E-state index in [-0.39, 0.29) is 52.3 Å². The van der Waals surface area contributed by atoms with Gasteiger partial charge < -0.3 is 6.90 Å². The molecule has 0 saturated heterocycles. The molecule has 0 amide bonds. The van der Waals surface area contributed by atoms with Crippen LogP contribution in [0.5, 0.6) is 0 Å². The molecule has 1 rings (SSSR count). The van der Waals surface area contributed by atoms with Crippen molar-refractivity contribution in [3.63, 3.8) is 0 Å². The molecule has 0 aliphatic rings. The zero-order valence-corrected chi connectivity index (χ0v) is 26.7. The van der Waals surface area contributed by atoms with Crippen molar-refractivity contribution in [2.75, 3.05) is 62.6 Å². The van der Waals surface area contributed by atoms with Gasteiger partial charge in [-0.2, -0.15) is 59.7 Å². The van der Waals surface area contributed by atoms with Gasteiger partial charge in [0.2, 0.25) is 0 Å². The molecule has 0 aliphatic heterocycles. The van der Waals surface area contributed by atoms with Gasteiger partial charge in [-0.3, -0.25) is 0 Å². The Morgan fingerprint density at radius 3 is 1.14 bits per heavy atom. The maximum atomic E-state index is 5.08. The van der Waals surface area contributed by atoms with Gasteiger partial charge in [0.05, 0.1) is 4.20 Å². The van der Waals surface area contributed by atoms with Gasteiger partial charge in [-0.15, -0.1) is 11.8 Å². The van der Waals surface area contributed by atoms with Crippen LogP contribution in [0.4, 0.5) is 0 Å². The van der Waals surface area contributed by atoms with Gasteiger partial charge in [0, 0.05) is 8.41 Å². The quantitative estimate of drug-likeness (QED) is 0.336. The molecule has 1 nitrogen and oxygen atoms in total. The maximum Gasteiger partial charge on any atom is 1.00 e. The maximum absolute atomic E-state index is 5.08. The average molecular weight is 534 g/mol. The molecule has 0 aromatic heterocycles. The third kappa shape index (κ3) is 79.2. The summed E-state index contributed by atoms with van der Waals surface area (Å²) < 4.78 is 0.959. The van der Waals surface area contributed by atoms with Gasteiger partial charge >= 0.3 is 29.6 Å². The van der Waals surface area contributed by atoms with E-state index in [1.807, 2.05) is 86.6 Å². The van der Waals surface area contributed by atoms with Gasteiger partial charge in [0.15, 0.2) is 0 Å². The minimum Gasteiger partial charge on any atom is -1.00 e. The molecule has 10 heteroatoms. The second-order valence-corrected chi connectivity index (χ2v) is 8.24. The topological polar surface area (TPSA) is 31.5 Å². The van der Waals surface area contributed by atoms with Gasteiger partial charge in [-0.05, 0) is 68.1 Å². The van der Waals surface area contributed by atoms with E-state index in [9.17, 15) is 0 Å². The molecule has 0 saturated carbocycles. The average Bonchev–Trinajstić information content (AvgIpc) is 2.60. The largest absolute Gasteiger partial charge is 1.00 e. The SMILES string of the molecule is C.CS.CSC.CSC.CSC.CSC.CSC(=S)c1ccccc1.O.[B].[H-].[Na+]. The Balaban J connectivity index is -0.0000000207. The number of thioether (sulfide) groups is 5. The number of thiol groups is 1. The summed E-state index contributed by atoms with van der Waals surface area (Å²) in [5.74, 6) is 0. The Morgan fingerprint density at radius 1 is 0.750 bits per heavy atom. The first-order chi connectivity index (χ1) is 11.5. The summed E-state index contributed by atoms with van der Waals surface area (Å²) in [7, 11) is 0. The monoisotopic (exact) mass is 533 g/mol. The van der Waals surface area contributed by atoms with Crippen LogP contribution in [0, 0.1) is 0 Å². The number of benzene rings is 1. The molecule has 1 aromatic rings. The zero-order chi connectivity index (χ0) is 20.2. The summed E-state index contributed by atoms with van der Waals surface area (Å²) in [4.78, 5) is 0. The fraction of sp³-hybridized carbons (Fsp3) is 0.611. The molecule has 0 fully saturated rings. The fourth-order valence-electron chi connectivity index (χ4n) is 0.692. The van der Waals surface area contributed by atoms with Crippen molar-refractivity contribution in [2.45, 2.75) is 7.43 Å². The van der Waals surface area contributed by atoms with Gasteiger partial charge in [-0.1, -0.05) is 50.0 Å². The van der Waals surface area contributed by atoms with Crippen molar-refractivity contribution >= 4 is 96.3 Å². The first-order valence-electron chi connectivity index (χ1n) is 6.69. The van der Waals surface area contributed by atoms with E-state index >= 15 is 0 Å². The minimum absolute atomic E-state index is 0. The molecular formula is C18H43BNaOS7. The third-order valence-electron chi connectivity index (χ3n) is 1.19. The first-order valence-corrected chi connectivity index (χ1v) is 15.7. The predicted octanol–water partition coefficient (Wildman–Crippen LogP) is 3.74. The molecular weight excluding hydrogens is 490 g/mol. The van der Waals surface area contributed by atoms with Crippen LogP contribution < -0.4 is 29.6 Å². The van der Waals surface area contributed by atoms with Crippen LogP contribution in [-0.4, -0.2) is 80.6 Å². The van der Waals surface area contributed by atoms with Crippen LogP contribution in [0.2, 0.25) is 0 Å². The standard InChI is InChI=1S/C8H8S2.4C2H6S.CH4S.CH4.B.Na.H2O.H/c1-10-8(9)7-5-3-2-4-6-7;4*1-3-2;1-2;;;;;/h2-6H,1H3;4*1-2H3;2H,1H3;1H4;;;1H2;/q;;;;;;;;+1;;-1. The van der Waals surface area contributed by atoms with E-state index in [1.165, 1.54) is 0 Å². The Bertz CT molecular complexity index is 297. The molecule has 3 radical (unpaired) electrons. The summed E-state index contributed by atoms with van der Waals surface area (Å²) in [6.07, 6.45) is 20.0. The summed E-state index contributed by atoms with van der Waals surface area (Å²) in [5, 5.41) is 0. The molecule has 0 bridgehead atoms. The van der Waals surface area contributed by atoms with E-state index in [0.717, 1.165) is 9.76 Å². The third-order valence-corrected chi connectivity index (χ3v) is 2.54. The van der Waals surface area contributed by atoms with Crippen LogP contribution in [0.25, 0.3) is 0 Å². The van der Waals surface area contributed by atoms with Crippen molar-refractivity contribution < 1.29 is 36.5 Å². The molecule has 0 atom stereocenters. The van der Waals surface area contributed by atoms with E-state index in [0.29, 0.717) is 0 Å². The molecule has 0 unspecified atom stereocenters. The van der Waals surface area contributed by atoms with Gasteiger partial charge in [0.25, 0.3) is 0 Å². The van der Waals surface area contributed by atoms with Crippen LogP contribution >= 0.6 is 83.7 Å². The van der Waals surface area contributed by atoms with Crippen LogP contribution in [-0.2, 0) is 0 Å². The Kier molecular flexibility index (Phi) is 144. The second-order valence-electron chi connectivity index (χ2n) is 3.49. The predicted molar refractivity (Wildman–Crippen MR) is 162 cm³/mol. The number of rotatable bonds is 1. The zero-order valence-electron chi connectivity index (χ0n) is 19.9. The van der Waals surface area contributed by atoms with E-state index in [4.69, 9.17) is 12.2 Å². The van der Waals surface area contributed by atoms with E-state index in [1.54, 1.807) is 65.1 Å². The summed E-state index contributed by atoms with van der Waals surface area (Å²) >= 11 is 17.2. The molecule has 0 heterocycles. The van der Waals surface area contributed by atoms with Crippen molar-refractivity contribution in [2.24, 2.45) is 0 Å². The fourth-order valence-corrected chi connectivity index (χ4v) is 1.20. The second kappa shape index (κ2) is 70.0. The summed E-state index contributed by atoms with van der Waals surface area (Å²) in [5.41, 5.74) is 1.14. The van der Waals surface area contributed by atoms with Crippen LogP contribution in [0.15, 0.2) is 30.3 Å². The van der Waals surface area contributed by atoms with Gasteiger partial charge in [-0.25, -0.2) is 0 Å². The van der Waals surface area contributed by atoms with Crippen LogP contribution in [0.1, 0.15) is 14.4 Å². The number of thiocarbonyl (C=S) groups is 1. The first kappa shape index (κ1) is 57.4. The minimum atomic E-state index is 0. The smallest absolute Gasteiger partial charge is 1.00 e. The number of hydrogen-bond donors (Lipinski definition) is 1.